The summed E-state index contributed by atoms with van der Waals surface area (Å²) in [5.74, 6) is 0. The van der Waals surface area contributed by atoms with Crippen molar-refractivity contribution in [3.63, 3.8) is 0 Å². The first-order valence-electron chi connectivity index (χ1n) is 6.62. The van der Waals surface area contributed by atoms with Gasteiger partial charge in [0.2, 0.25) is 0 Å². The first-order valence-corrected chi connectivity index (χ1v) is 7.82. The number of anilines is 2. The molecule has 0 unspecified atom stereocenters. The molecule has 0 saturated heterocycles. The molecule has 5 heteroatoms. The number of halogens is 1. The lowest BCUT2D eigenvalue weighted by Crippen LogP contribution is -2.28. The highest BCUT2D eigenvalue weighted by Crippen LogP contribution is 2.17. The van der Waals surface area contributed by atoms with E-state index in [1.165, 1.54) is 5.56 Å². The van der Waals surface area contributed by atoms with Crippen LogP contribution in [0.15, 0.2) is 53.0 Å². The fourth-order valence-electron chi connectivity index (χ4n) is 1.84. The number of rotatable bonds is 4. The number of hydrogen-bond acceptors (Lipinski definition) is 2. The van der Waals surface area contributed by atoms with E-state index in [-0.39, 0.29) is 0 Å². The van der Waals surface area contributed by atoms with Crippen LogP contribution in [0.4, 0.5) is 11.4 Å². The second kappa shape index (κ2) is 7.43. The second-order valence-electron chi connectivity index (χ2n) is 4.84. The number of thiocarbonyl (C=S) groups is 1. The maximum Gasteiger partial charge on any atom is 0.171 e. The molecule has 0 radical (unpaired) electrons. The third kappa shape index (κ3) is 4.72. The zero-order chi connectivity index (χ0) is 15.2. The zero-order valence-electron chi connectivity index (χ0n) is 12.1. The molecule has 0 spiro atoms. The molecule has 2 N–H and O–H groups in total. The minimum absolute atomic E-state index is 0.614. The monoisotopic (exact) mass is 363 g/mol. The van der Waals surface area contributed by atoms with E-state index in [1.54, 1.807) is 0 Å². The molecule has 0 heterocycles. The molecule has 0 bridgehead atoms. The quantitative estimate of drug-likeness (QED) is 0.802. The summed E-state index contributed by atoms with van der Waals surface area (Å²) in [7, 11) is 4.04. The van der Waals surface area contributed by atoms with Crippen molar-refractivity contribution in [2.75, 3.05) is 24.3 Å². The molecule has 2 rings (SSSR count). The van der Waals surface area contributed by atoms with Crippen molar-refractivity contribution in [1.29, 1.82) is 0 Å². The predicted molar refractivity (Wildman–Crippen MR) is 98.0 cm³/mol. The third-order valence-electron chi connectivity index (χ3n) is 3.04. The molecule has 0 aliphatic rings. The number of nitrogens with zero attached hydrogens (tertiary/aromatic N) is 1. The fraction of sp³-hybridized carbons (Fsp3) is 0.188. The van der Waals surface area contributed by atoms with Gasteiger partial charge in [-0.05, 0) is 48.1 Å². The summed E-state index contributed by atoms with van der Waals surface area (Å²) >= 11 is 8.84. The Bertz CT molecular complexity index is 611. The lowest BCUT2D eigenvalue weighted by Gasteiger charge is -2.14. The van der Waals surface area contributed by atoms with Crippen molar-refractivity contribution >= 4 is 44.6 Å². The zero-order valence-corrected chi connectivity index (χ0v) is 14.5. The SMILES string of the molecule is CN(C)c1ccc(NC(=S)NCc2ccccc2Br)cc1. The first kappa shape index (κ1) is 15.8. The van der Waals surface area contributed by atoms with Crippen LogP contribution < -0.4 is 15.5 Å². The largest absolute Gasteiger partial charge is 0.378 e. The standard InChI is InChI=1S/C16H18BrN3S/c1-20(2)14-9-7-13(8-10-14)19-16(21)18-11-12-5-3-4-6-15(12)17/h3-10H,11H2,1-2H3,(H2,18,19,21). The predicted octanol–water partition coefficient (Wildman–Crippen LogP) is 4.00. The van der Waals surface area contributed by atoms with Crippen LogP contribution in [0, 0.1) is 0 Å². The summed E-state index contributed by atoms with van der Waals surface area (Å²) in [6.45, 7) is 0.684. The number of benzene rings is 2. The van der Waals surface area contributed by atoms with Crippen LogP contribution in [0.1, 0.15) is 5.56 Å². The van der Waals surface area contributed by atoms with Gasteiger partial charge in [-0.25, -0.2) is 0 Å². The van der Waals surface area contributed by atoms with Crippen LogP contribution in [0.25, 0.3) is 0 Å². The van der Waals surface area contributed by atoms with Crippen molar-refractivity contribution in [3.8, 4) is 0 Å². The molecule has 3 nitrogen and oxygen atoms in total. The summed E-state index contributed by atoms with van der Waals surface area (Å²) in [6, 6.07) is 16.2. The molecular formula is C16H18BrN3S. The van der Waals surface area contributed by atoms with Gasteiger partial charge >= 0.3 is 0 Å². The van der Waals surface area contributed by atoms with E-state index in [0.717, 1.165) is 15.8 Å². The highest BCUT2D eigenvalue weighted by molar-refractivity contribution is 9.10. The van der Waals surface area contributed by atoms with E-state index in [9.17, 15) is 0 Å². The average Bonchev–Trinajstić information content (AvgIpc) is 2.47. The van der Waals surface area contributed by atoms with Crippen molar-refractivity contribution in [2.45, 2.75) is 6.54 Å². The maximum absolute atomic E-state index is 5.31. The number of nitrogens with one attached hydrogen (secondary N) is 2. The van der Waals surface area contributed by atoms with Gasteiger partial charge in [0.05, 0.1) is 0 Å². The molecular weight excluding hydrogens is 346 g/mol. The van der Waals surface area contributed by atoms with Gasteiger partial charge in [-0.2, -0.15) is 0 Å². The Kier molecular flexibility index (Phi) is 5.59. The van der Waals surface area contributed by atoms with Crippen LogP contribution in [0.2, 0.25) is 0 Å². The molecule has 0 saturated carbocycles. The van der Waals surface area contributed by atoms with E-state index in [1.807, 2.05) is 44.4 Å². The third-order valence-corrected chi connectivity index (χ3v) is 4.06. The Morgan fingerprint density at radius 1 is 1.10 bits per heavy atom. The van der Waals surface area contributed by atoms with Crippen LogP contribution in [-0.4, -0.2) is 19.2 Å². The van der Waals surface area contributed by atoms with E-state index in [4.69, 9.17) is 12.2 Å². The van der Waals surface area contributed by atoms with Crippen molar-refractivity contribution in [3.05, 3.63) is 58.6 Å². The van der Waals surface area contributed by atoms with Crippen molar-refractivity contribution < 1.29 is 0 Å². The summed E-state index contributed by atoms with van der Waals surface area (Å²) in [6.07, 6.45) is 0. The normalized spacial score (nSPS) is 10.0. The average molecular weight is 364 g/mol. The number of hydrogen-bond donors (Lipinski definition) is 2. The highest BCUT2D eigenvalue weighted by Gasteiger charge is 2.01. The molecule has 110 valence electrons. The summed E-state index contributed by atoms with van der Waals surface area (Å²) in [4.78, 5) is 2.06. The molecule has 0 fully saturated rings. The van der Waals surface area contributed by atoms with Crippen LogP contribution in [0.3, 0.4) is 0 Å². The molecule has 0 aliphatic carbocycles. The topological polar surface area (TPSA) is 27.3 Å². The molecule has 2 aromatic carbocycles. The fourth-order valence-corrected chi connectivity index (χ4v) is 2.45. The van der Waals surface area contributed by atoms with Gasteiger partial charge in [0, 0.05) is 36.5 Å². The Morgan fingerprint density at radius 2 is 1.76 bits per heavy atom. The minimum atomic E-state index is 0.614. The molecule has 0 aromatic heterocycles. The van der Waals surface area contributed by atoms with E-state index >= 15 is 0 Å². The van der Waals surface area contributed by atoms with Crippen LogP contribution >= 0.6 is 28.1 Å². The van der Waals surface area contributed by atoms with Crippen molar-refractivity contribution in [1.82, 2.24) is 5.32 Å². The molecule has 0 aliphatic heterocycles. The summed E-state index contributed by atoms with van der Waals surface area (Å²) in [5, 5.41) is 7.00. The van der Waals surface area contributed by atoms with Crippen molar-refractivity contribution in [2.24, 2.45) is 0 Å². The Balaban J connectivity index is 1.88. The van der Waals surface area contributed by atoms with Gasteiger partial charge < -0.3 is 15.5 Å². The second-order valence-corrected chi connectivity index (χ2v) is 6.10. The van der Waals surface area contributed by atoms with E-state index in [2.05, 4.69) is 49.7 Å². The Morgan fingerprint density at radius 3 is 2.38 bits per heavy atom. The Labute approximate surface area is 139 Å². The van der Waals surface area contributed by atoms with Crippen LogP contribution in [-0.2, 0) is 6.54 Å². The van der Waals surface area contributed by atoms with Gasteiger partial charge in [-0.15, -0.1) is 0 Å². The molecule has 0 amide bonds. The first-order chi connectivity index (χ1) is 10.1. The van der Waals surface area contributed by atoms with Gasteiger partial charge in [-0.1, -0.05) is 34.1 Å². The van der Waals surface area contributed by atoms with Crippen LogP contribution in [0.5, 0.6) is 0 Å². The maximum atomic E-state index is 5.31. The Hall–Kier alpha value is -1.59. The minimum Gasteiger partial charge on any atom is -0.378 e. The van der Waals surface area contributed by atoms with E-state index in [0.29, 0.717) is 11.7 Å². The summed E-state index contributed by atoms with van der Waals surface area (Å²) < 4.78 is 1.08. The van der Waals surface area contributed by atoms with Gasteiger partial charge in [0.25, 0.3) is 0 Å². The van der Waals surface area contributed by atoms with Gasteiger partial charge in [0.15, 0.2) is 5.11 Å². The molecule has 0 atom stereocenters. The smallest absolute Gasteiger partial charge is 0.171 e. The van der Waals surface area contributed by atoms with Gasteiger partial charge in [0.1, 0.15) is 0 Å². The summed E-state index contributed by atoms with van der Waals surface area (Å²) in [5.41, 5.74) is 3.31. The van der Waals surface area contributed by atoms with E-state index < -0.39 is 0 Å². The lowest BCUT2D eigenvalue weighted by atomic mass is 10.2. The van der Waals surface area contributed by atoms with Gasteiger partial charge in [-0.3, -0.25) is 0 Å². The molecule has 21 heavy (non-hydrogen) atoms. The lowest BCUT2D eigenvalue weighted by molar-refractivity contribution is 0.920. The highest BCUT2D eigenvalue weighted by atomic mass is 79.9. The molecule has 2 aromatic rings.